The highest BCUT2D eigenvalue weighted by atomic mass is 79.9. The van der Waals surface area contributed by atoms with Crippen LogP contribution in [0.5, 0.6) is 0 Å². The highest BCUT2D eigenvalue weighted by Gasteiger charge is 2.36. The van der Waals surface area contributed by atoms with E-state index in [0.29, 0.717) is 4.47 Å². The zero-order chi connectivity index (χ0) is 19.8. The number of halogens is 3. The van der Waals surface area contributed by atoms with Crippen molar-refractivity contribution < 1.29 is 25.6 Å². The molecule has 0 bridgehead atoms. The topological polar surface area (TPSA) is 74.8 Å². The predicted octanol–water partition coefficient (Wildman–Crippen LogP) is 2.42. The van der Waals surface area contributed by atoms with Crippen molar-refractivity contribution in [2.24, 2.45) is 0 Å². The minimum atomic E-state index is -4.41. The van der Waals surface area contributed by atoms with Crippen molar-refractivity contribution in [1.82, 2.24) is 8.61 Å². The van der Waals surface area contributed by atoms with E-state index in [-0.39, 0.29) is 31.1 Å². The van der Waals surface area contributed by atoms with Gasteiger partial charge in [0.1, 0.15) is 11.6 Å². The third-order valence-corrected chi connectivity index (χ3v) is 8.49. The van der Waals surface area contributed by atoms with E-state index in [9.17, 15) is 25.6 Å². The van der Waals surface area contributed by atoms with Gasteiger partial charge in [0.05, 0.1) is 4.90 Å². The lowest BCUT2D eigenvalue weighted by atomic mass is 10.3. The van der Waals surface area contributed by atoms with Crippen LogP contribution in [0.4, 0.5) is 8.78 Å². The molecule has 0 amide bonds. The molecule has 0 N–H and O–H groups in total. The largest absolute Gasteiger partial charge is 0.249 e. The van der Waals surface area contributed by atoms with Crippen molar-refractivity contribution in [2.45, 2.75) is 9.79 Å². The molecule has 3 rings (SSSR count). The second-order valence-electron chi connectivity index (χ2n) is 5.82. The Kier molecular flexibility index (Phi) is 5.69. The van der Waals surface area contributed by atoms with E-state index in [1.807, 2.05) is 0 Å². The Morgan fingerprint density at radius 1 is 0.778 bits per heavy atom. The molecule has 11 heteroatoms. The monoisotopic (exact) mass is 480 g/mol. The van der Waals surface area contributed by atoms with Crippen molar-refractivity contribution in [3.05, 3.63) is 58.6 Å². The van der Waals surface area contributed by atoms with Gasteiger partial charge in [-0.15, -0.1) is 0 Å². The first-order chi connectivity index (χ1) is 12.6. The highest BCUT2D eigenvalue weighted by molar-refractivity contribution is 9.10. The molecule has 2 aromatic carbocycles. The fraction of sp³-hybridized carbons (Fsp3) is 0.250. The van der Waals surface area contributed by atoms with Crippen LogP contribution in [-0.2, 0) is 20.0 Å². The summed E-state index contributed by atoms with van der Waals surface area (Å²) in [5.41, 5.74) is 0. The minimum absolute atomic E-state index is 0.0772. The van der Waals surface area contributed by atoms with E-state index in [1.165, 1.54) is 12.1 Å². The fourth-order valence-electron chi connectivity index (χ4n) is 2.79. The molecule has 0 saturated carbocycles. The van der Waals surface area contributed by atoms with Crippen LogP contribution in [-0.4, -0.2) is 51.6 Å². The molecule has 0 atom stereocenters. The molecule has 6 nitrogen and oxygen atoms in total. The molecule has 1 heterocycles. The lowest BCUT2D eigenvalue weighted by molar-refractivity contribution is 0.271. The van der Waals surface area contributed by atoms with Gasteiger partial charge in [-0.2, -0.15) is 8.61 Å². The molecule has 0 aromatic heterocycles. The number of hydrogen-bond acceptors (Lipinski definition) is 4. The Balaban J connectivity index is 1.81. The number of benzene rings is 2. The van der Waals surface area contributed by atoms with Gasteiger partial charge in [0.2, 0.25) is 20.0 Å². The molecular formula is C16H15BrF2N2O4S2. The Labute approximate surface area is 164 Å². The third-order valence-electron chi connectivity index (χ3n) is 4.15. The molecule has 146 valence electrons. The summed E-state index contributed by atoms with van der Waals surface area (Å²) in [7, 11) is -8.21. The van der Waals surface area contributed by atoms with Gasteiger partial charge in [0, 0.05) is 30.7 Å². The van der Waals surface area contributed by atoms with Crippen LogP contribution in [0.2, 0.25) is 0 Å². The molecule has 0 spiro atoms. The average Bonchev–Trinajstić information content (AvgIpc) is 2.61. The van der Waals surface area contributed by atoms with Gasteiger partial charge < -0.3 is 0 Å². The smallest absolute Gasteiger partial charge is 0.207 e. The molecule has 1 fully saturated rings. The lowest BCUT2D eigenvalue weighted by Gasteiger charge is -2.33. The number of nitrogens with zero attached hydrogens (tertiary/aromatic N) is 2. The van der Waals surface area contributed by atoms with Crippen molar-refractivity contribution in [2.75, 3.05) is 26.2 Å². The minimum Gasteiger partial charge on any atom is -0.207 e. The summed E-state index contributed by atoms with van der Waals surface area (Å²) >= 11 is 3.21. The van der Waals surface area contributed by atoms with Crippen LogP contribution in [0.1, 0.15) is 0 Å². The van der Waals surface area contributed by atoms with Crippen molar-refractivity contribution in [3.63, 3.8) is 0 Å². The van der Waals surface area contributed by atoms with Crippen molar-refractivity contribution >= 4 is 36.0 Å². The number of rotatable bonds is 4. The Morgan fingerprint density at radius 3 is 1.78 bits per heavy atom. The molecule has 1 aliphatic rings. The number of piperazine rings is 1. The van der Waals surface area contributed by atoms with E-state index >= 15 is 0 Å². The maximum Gasteiger partial charge on any atom is 0.249 e. The van der Waals surface area contributed by atoms with E-state index in [2.05, 4.69) is 15.9 Å². The molecule has 0 unspecified atom stereocenters. The zero-order valence-corrected chi connectivity index (χ0v) is 17.1. The lowest BCUT2D eigenvalue weighted by Crippen LogP contribution is -2.50. The van der Waals surface area contributed by atoms with E-state index in [0.717, 1.165) is 26.8 Å². The van der Waals surface area contributed by atoms with E-state index in [1.54, 1.807) is 12.1 Å². The maximum absolute atomic E-state index is 13.9. The number of sulfonamides is 2. The first-order valence-corrected chi connectivity index (χ1v) is 11.5. The molecule has 27 heavy (non-hydrogen) atoms. The standard InChI is InChI=1S/C16H15BrF2N2O4S2/c17-12-3-1-4-13(11-12)26(22,23)20-7-9-21(10-8-20)27(24,25)16-14(18)5-2-6-15(16)19/h1-6,11H,7-10H2. The van der Waals surface area contributed by atoms with Gasteiger partial charge in [-0.1, -0.05) is 28.1 Å². The summed E-state index contributed by atoms with van der Waals surface area (Å²) in [6, 6.07) is 8.97. The summed E-state index contributed by atoms with van der Waals surface area (Å²) in [6.07, 6.45) is 0. The first-order valence-electron chi connectivity index (χ1n) is 7.84. The Bertz CT molecular complexity index is 1050. The molecule has 2 aromatic rings. The molecule has 1 saturated heterocycles. The van der Waals surface area contributed by atoms with Gasteiger partial charge in [0.15, 0.2) is 4.90 Å². The van der Waals surface area contributed by atoms with Crippen LogP contribution in [0.25, 0.3) is 0 Å². The van der Waals surface area contributed by atoms with E-state index in [4.69, 9.17) is 0 Å². The first kappa shape index (κ1) is 20.3. The predicted molar refractivity (Wildman–Crippen MR) is 98.0 cm³/mol. The normalized spacial score (nSPS) is 17.1. The summed E-state index contributed by atoms with van der Waals surface area (Å²) < 4.78 is 80.9. The maximum atomic E-state index is 13.9. The molecule has 0 aliphatic carbocycles. The van der Waals surface area contributed by atoms with Gasteiger partial charge in [-0.3, -0.25) is 0 Å². The second-order valence-corrected chi connectivity index (χ2v) is 10.5. The van der Waals surface area contributed by atoms with Gasteiger partial charge in [-0.05, 0) is 30.3 Å². The summed E-state index contributed by atoms with van der Waals surface area (Å²) in [5, 5.41) is 0. The SMILES string of the molecule is O=S(=O)(c1cccc(Br)c1)N1CCN(S(=O)(=O)c2c(F)cccc2F)CC1. The Hall–Kier alpha value is -1.40. The van der Waals surface area contributed by atoms with Gasteiger partial charge in [0.25, 0.3) is 0 Å². The summed E-state index contributed by atoms with van der Waals surface area (Å²) in [5.74, 6) is -2.36. The fourth-order valence-corrected chi connectivity index (χ4v) is 6.34. The van der Waals surface area contributed by atoms with Crippen LogP contribution in [0.3, 0.4) is 0 Å². The zero-order valence-electron chi connectivity index (χ0n) is 13.8. The summed E-state index contributed by atoms with van der Waals surface area (Å²) in [6.45, 7) is -0.652. The quantitative estimate of drug-likeness (QED) is 0.673. The van der Waals surface area contributed by atoms with Crippen LogP contribution in [0.15, 0.2) is 56.7 Å². The third kappa shape index (κ3) is 3.92. The van der Waals surface area contributed by atoms with Crippen LogP contribution in [0, 0.1) is 11.6 Å². The highest BCUT2D eigenvalue weighted by Crippen LogP contribution is 2.26. The van der Waals surface area contributed by atoms with Crippen molar-refractivity contribution in [3.8, 4) is 0 Å². The van der Waals surface area contributed by atoms with Crippen LogP contribution >= 0.6 is 15.9 Å². The molecular weight excluding hydrogens is 466 g/mol. The van der Waals surface area contributed by atoms with Gasteiger partial charge in [-0.25, -0.2) is 25.6 Å². The molecule has 1 aliphatic heterocycles. The second kappa shape index (κ2) is 7.55. The molecule has 0 radical (unpaired) electrons. The van der Waals surface area contributed by atoms with Crippen molar-refractivity contribution in [1.29, 1.82) is 0 Å². The summed E-state index contributed by atoms with van der Waals surface area (Å²) in [4.78, 5) is -0.943. The number of hydrogen-bond donors (Lipinski definition) is 0. The Morgan fingerprint density at radius 2 is 1.26 bits per heavy atom. The van der Waals surface area contributed by atoms with E-state index < -0.39 is 36.6 Å². The average molecular weight is 481 g/mol. The van der Waals surface area contributed by atoms with Crippen LogP contribution < -0.4 is 0 Å². The van der Waals surface area contributed by atoms with Gasteiger partial charge >= 0.3 is 0 Å².